The van der Waals surface area contributed by atoms with Crippen molar-refractivity contribution in [2.24, 2.45) is 5.16 Å². The number of nitrogens with zero attached hydrogens (tertiary/aromatic N) is 2. The third-order valence-electron chi connectivity index (χ3n) is 2.01. The minimum Gasteiger partial charge on any atom is -0.393 e. The van der Waals surface area contributed by atoms with Crippen molar-refractivity contribution in [1.29, 1.82) is 0 Å². The number of aromatic nitrogens is 1. The molecular formula is C12H15F3N2OS2. The quantitative estimate of drug-likeness (QED) is 0.411. The minimum absolute atomic E-state index is 0.00122. The molecule has 8 heteroatoms. The molecule has 0 N–H and O–H groups in total. The normalized spacial score (nSPS) is 11.3. The maximum Gasteiger partial charge on any atom is 0.301 e. The van der Waals surface area contributed by atoms with Crippen molar-refractivity contribution in [1.82, 2.24) is 4.98 Å². The Morgan fingerprint density at radius 1 is 1.45 bits per heavy atom. The number of hydrogen-bond donors (Lipinski definition) is 0. The van der Waals surface area contributed by atoms with Crippen LogP contribution in [0.15, 0.2) is 21.4 Å². The van der Waals surface area contributed by atoms with E-state index in [1.807, 2.05) is 20.8 Å². The topological polar surface area (TPSA) is 34.5 Å². The SMILES string of the molecule is Cc1nc(SCCC(F)=C(F)F)sc1/C=N/OC(C)C. The number of oxime groups is 1. The summed E-state index contributed by atoms with van der Waals surface area (Å²) in [6.07, 6.45) is -0.983. The molecule has 0 aliphatic carbocycles. The lowest BCUT2D eigenvalue weighted by molar-refractivity contribution is 0.0874. The van der Waals surface area contributed by atoms with E-state index in [1.54, 1.807) is 6.21 Å². The van der Waals surface area contributed by atoms with E-state index in [0.717, 1.165) is 10.6 Å². The van der Waals surface area contributed by atoms with E-state index in [0.29, 0.717) is 4.34 Å². The lowest BCUT2D eigenvalue weighted by Gasteiger charge is -1.99. The van der Waals surface area contributed by atoms with Crippen molar-refractivity contribution in [3.8, 4) is 0 Å². The summed E-state index contributed by atoms with van der Waals surface area (Å²) in [6, 6.07) is 0. The highest BCUT2D eigenvalue weighted by atomic mass is 32.2. The maximum atomic E-state index is 12.6. The molecule has 1 rings (SSSR count). The average Bonchev–Trinajstić information content (AvgIpc) is 2.69. The van der Waals surface area contributed by atoms with Crippen molar-refractivity contribution < 1.29 is 18.0 Å². The van der Waals surface area contributed by atoms with Crippen LogP contribution < -0.4 is 0 Å². The molecule has 0 atom stereocenters. The molecule has 3 nitrogen and oxygen atoms in total. The first-order valence-corrected chi connectivity index (χ1v) is 7.69. The van der Waals surface area contributed by atoms with Gasteiger partial charge in [-0.25, -0.2) is 9.37 Å². The van der Waals surface area contributed by atoms with Gasteiger partial charge in [0.25, 0.3) is 0 Å². The smallest absolute Gasteiger partial charge is 0.301 e. The van der Waals surface area contributed by atoms with Crippen LogP contribution in [0.2, 0.25) is 0 Å². The number of allylic oxidation sites excluding steroid dienone is 1. The molecule has 0 saturated carbocycles. The van der Waals surface area contributed by atoms with E-state index in [4.69, 9.17) is 4.84 Å². The average molecular weight is 324 g/mol. The van der Waals surface area contributed by atoms with Gasteiger partial charge in [-0.05, 0) is 20.8 Å². The monoisotopic (exact) mass is 324 g/mol. The number of thiazole rings is 1. The number of hydrogen-bond acceptors (Lipinski definition) is 5. The van der Waals surface area contributed by atoms with Crippen LogP contribution >= 0.6 is 23.1 Å². The van der Waals surface area contributed by atoms with Gasteiger partial charge < -0.3 is 4.84 Å². The molecule has 0 aliphatic heterocycles. The van der Waals surface area contributed by atoms with Gasteiger partial charge in [-0.15, -0.1) is 11.3 Å². The van der Waals surface area contributed by atoms with Gasteiger partial charge in [-0.1, -0.05) is 16.9 Å². The minimum atomic E-state index is -2.25. The zero-order chi connectivity index (χ0) is 15.1. The van der Waals surface area contributed by atoms with Crippen LogP contribution in [-0.4, -0.2) is 23.1 Å². The van der Waals surface area contributed by atoms with Crippen LogP contribution in [0, 0.1) is 6.92 Å². The summed E-state index contributed by atoms with van der Waals surface area (Å²) in [7, 11) is 0. The Bertz CT molecular complexity index is 497. The van der Waals surface area contributed by atoms with Crippen LogP contribution in [0.1, 0.15) is 30.8 Å². The number of thioether (sulfide) groups is 1. The third-order valence-corrected chi connectivity index (χ3v) is 4.24. The Kier molecular flexibility index (Phi) is 7.08. The molecule has 0 spiro atoms. The molecule has 112 valence electrons. The first kappa shape index (κ1) is 17.0. The molecule has 1 aromatic rings. The molecule has 20 heavy (non-hydrogen) atoms. The second kappa shape index (κ2) is 8.31. The van der Waals surface area contributed by atoms with Crippen molar-refractivity contribution in [2.45, 2.75) is 37.6 Å². The summed E-state index contributed by atoms with van der Waals surface area (Å²) >= 11 is 2.61. The Morgan fingerprint density at radius 3 is 2.75 bits per heavy atom. The molecular weight excluding hydrogens is 309 g/mol. The maximum absolute atomic E-state index is 12.6. The number of aryl methyl sites for hydroxylation is 1. The fourth-order valence-electron chi connectivity index (χ4n) is 1.09. The van der Waals surface area contributed by atoms with Crippen LogP contribution in [0.25, 0.3) is 0 Å². The van der Waals surface area contributed by atoms with E-state index in [1.165, 1.54) is 23.1 Å². The summed E-state index contributed by atoms with van der Waals surface area (Å²) in [5.74, 6) is -1.15. The molecule has 0 amide bonds. The summed E-state index contributed by atoms with van der Waals surface area (Å²) in [6.45, 7) is 5.55. The lowest BCUT2D eigenvalue weighted by atomic mass is 10.4. The zero-order valence-corrected chi connectivity index (χ0v) is 13.0. The third kappa shape index (κ3) is 5.96. The molecule has 0 saturated heterocycles. The Balaban J connectivity index is 2.53. The van der Waals surface area contributed by atoms with Gasteiger partial charge in [0.1, 0.15) is 6.10 Å². The molecule has 0 aliphatic rings. The summed E-state index contributed by atoms with van der Waals surface area (Å²) in [5.41, 5.74) is 0.779. The molecule has 0 fully saturated rings. The molecule has 0 aromatic carbocycles. The van der Waals surface area contributed by atoms with Crippen molar-refractivity contribution in [3.05, 3.63) is 22.5 Å². The Morgan fingerprint density at radius 2 is 2.15 bits per heavy atom. The van der Waals surface area contributed by atoms with Gasteiger partial charge >= 0.3 is 6.08 Å². The Labute approximate surface area is 123 Å². The highest BCUT2D eigenvalue weighted by molar-refractivity contribution is 8.01. The predicted octanol–water partition coefficient (Wildman–Crippen LogP) is 4.77. The van der Waals surface area contributed by atoms with Gasteiger partial charge in [0, 0.05) is 12.2 Å². The summed E-state index contributed by atoms with van der Waals surface area (Å²) < 4.78 is 37.1. The van der Waals surface area contributed by atoms with Crippen LogP contribution in [0.3, 0.4) is 0 Å². The first-order chi connectivity index (χ1) is 9.40. The van der Waals surface area contributed by atoms with Gasteiger partial charge in [-0.3, -0.25) is 0 Å². The lowest BCUT2D eigenvalue weighted by Crippen LogP contribution is -1.95. The highest BCUT2D eigenvalue weighted by Gasteiger charge is 2.09. The van der Waals surface area contributed by atoms with Crippen LogP contribution in [0.5, 0.6) is 0 Å². The largest absolute Gasteiger partial charge is 0.393 e. The van der Waals surface area contributed by atoms with Crippen molar-refractivity contribution in [2.75, 3.05) is 5.75 Å². The molecule has 0 unspecified atom stereocenters. The van der Waals surface area contributed by atoms with Gasteiger partial charge in [-0.2, -0.15) is 8.78 Å². The summed E-state index contributed by atoms with van der Waals surface area (Å²) in [4.78, 5) is 10.1. The van der Waals surface area contributed by atoms with Gasteiger partial charge in [0.05, 0.1) is 16.8 Å². The van der Waals surface area contributed by atoms with E-state index in [-0.39, 0.29) is 18.3 Å². The fraction of sp³-hybridized carbons (Fsp3) is 0.500. The summed E-state index contributed by atoms with van der Waals surface area (Å²) in [5, 5.41) is 3.82. The second-order valence-corrected chi connectivity index (χ2v) is 6.45. The number of halogens is 3. The van der Waals surface area contributed by atoms with Crippen molar-refractivity contribution >= 4 is 29.3 Å². The number of rotatable bonds is 7. The van der Waals surface area contributed by atoms with Crippen LogP contribution in [-0.2, 0) is 4.84 Å². The molecule has 0 bridgehead atoms. The molecule has 1 aromatic heterocycles. The van der Waals surface area contributed by atoms with E-state index in [2.05, 4.69) is 10.1 Å². The van der Waals surface area contributed by atoms with Gasteiger partial charge in [0.15, 0.2) is 10.2 Å². The zero-order valence-electron chi connectivity index (χ0n) is 11.3. The van der Waals surface area contributed by atoms with E-state index >= 15 is 0 Å². The van der Waals surface area contributed by atoms with E-state index in [9.17, 15) is 13.2 Å². The fourth-order valence-corrected chi connectivity index (χ4v) is 3.16. The Hall–Kier alpha value is -1.02. The van der Waals surface area contributed by atoms with Crippen molar-refractivity contribution in [3.63, 3.8) is 0 Å². The van der Waals surface area contributed by atoms with Gasteiger partial charge in [0.2, 0.25) is 0 Å². The highest BCUT2D eigenvalue weighted by Crippen LogP contribution is 2.28. The standard InChI is InChI=1S/C12H15F3N2OS2/c1-7(2)18-16-6-10-8(3)17-12(20-10)19-5-4-9(13)11(14)15/h6-7H,4-5H2,1-3H3/b16-6+. The van der Waals surface area contributed by atoms with E-state index < -0.39 is 11.9 Å². The first-order valence-electron chi connectivity index (χ1n) is 5.89. The second-order valence-electron chi connectivity index (χ2n) is 4.08. The predicted molar refractivity (Wildman–Crippen MR) is 76.4 cm³/mol. The van der Waals surface area contributed by atoms with Crippen LogP contribution in [0.4, 0.5) is 13.2 Å². The molecule has 1 heterocycles. The molecule has 0 radical (unpaired) electrons.